The molecule has 0 radical (unpaired) electrons. The molecule has 0 saturated carbocycles. The Bertz CT molecular complexity index is 738. The second-order valence-electron chi connectivity index (χ2n) is 6.78. The average molecular weight is 322 g/mol. The van der Waals surface area contributed by atoms with Crippen LogP contribution in [0.25, 0.3) is 0 Å². The number of benzene rings is 2. The minimum Gasteiger partial charge on any atom is -0.368 e. The highest BCUT2D eigenvalue weighted by atomic mass is 16.1. The highest BCUT2D eigenvalue weighted by molar-refractivity contribution is 5.94. The van der Waals surface area contributed by atoms with Crippen molar-refractivity contribution in [3.05, 3.63) is 64.7 Å². The van der Waals surface area contributed by atoms with Gasteiger partial charge in [-0.2, -0.15) is 0 Å². The van der Waals surface area contributed by atoms with Gasteiger partial charge in [0.1, 0.15) is 0 Å². The molecule has 0 aromatic heterocycles. The number of aryl methyl sites for hydroxylation is 2. The molecule has 1 N–H and O–H groups in total. The number of amides is 1. The van der Waals surface area contributed by atoms with Gasteiger partial charge in [0.15, 0.2) is 0 Å². The van der Waals surface area contributed by atoms with E-state index in [1.807, 2.05) is 25.1 Å². The fourth-order valence-electron chi connectivity index (χ4n) is 3.41. The zero-order valence-corrected chi connectivity index (χ0v) is 14.8. The Morgan fingerprint density at radius 1 is 1.17 bits per heavy atom. The molecule has 1 aliphatic heterocycles. The minimum absolute atomic E-state index is 0.0213. The topological polar surface area (TPSA) is 32.3 Å². The van der Waals surface area contributed by atoms with Crippen molar-refractivity contribution < 1.29 is 4.79 Å². The zero-order valence-electron chi connectivity index (χ0n) is 14.8. The number of anilines is 1. The van der Waals surface area contributed by atoms with Gasteiger partial charge in [-0.15, -0.1) is 0 Å². The van der Waals surface area contributed by atoms with E-state index in [1.54, 1.807) is 0 Å². The predicted octanol–water partition coefficient (Wildman–Crippen LogP) is 3.87. The van der Waals surface area contributed by atoms with E-state index in [0.29, 0.717) is 12.6 Å². The third-order valence-corrected chi connectivity index (χ3v) is 4.98. The van der Waals surface area contributed by atoms with Gasteiger partial charge in [0.2, 0.25) is 0 Å². The number of nitrogens with zero attached hydrogens (tertiary/aromatic N) is 1. The third-order valence-electron chi connectivity index (χ3n) is 4.98. The molecule has 126 valence electrons. The highest BCUT2D eigenvalue weighted by Crippen LogP contribution is 2.31. The van der Waals surface area contributed by atoms with E-state index in [2.05, 4.69) is 48.3 Å². The van der Waals surface area contributed by atoms with Crippen LogP contribution in [0, 0.1) is 13.8 Å². The molecule has 0 fully saturated rings. The lowest BCUT2D eigenvalue weighted by Crippen LogP contribution is -2.33. The van der Waals surface area contributed by atoms with Crippen LogP contribution in [0.4, 0.5) is 5.69 Å². The van der Waals surface area contributed by atoms with E-state index >= 15 is 0 Å². The van der Waals surface area contributed by atoms with Gasteiger partial charge < -0.3 is 10.2 Å². The van der Waals surface area contributed by atoms with Crippen molar-refractivity contribution in [1.82, 2.24) is 5.32 Å². The normalized spacial score (nSPS) is 16.1. The van der Waals surface area contributed by atoms with E-state index in [1.165, 1.54) is 16.8 Å². The summed E-state index contributed by atoms with van der Waals surface area (Å²) in [6, 6.07) is 15.0. The number of nitrogens with one attached hydrogen (secondary N) is 1. The van der Waals surface area contributed by atoms with Crippen LogP contribution in [-0.2, 0) is 6.42 Å². The summed E-state index contributed by atoms with van der Waals surface area (Å²) in [5.74, 6) is 0.0213. The van der Waals surface area contributed by atoms with Gasteiger partial charge in [0, 0.05) is 30.4 Å². The predicted molar refractivity (Wildman–Crippen MR) is 99.8 cm³/mol. The van der Waals surface area contributed by atoms with Crippen LogP contribution in [0.5, 0.6) is 0 Å². The molecular formula is C21H26N2O. The molecule has 1 heterocycles. The summed E-state index contributed by atoms with van der Waals surface area (Å²) < 4.78 is 0. The lowest BCUT2D eigenvalue weighted by molar-refractivity contribution is 0.0953. The van der Waals surface area contributed by atoms with Gasteiger partial charge in [0.25, 0.3) is 5.91 Å². The van der Waals surface area contributed by atoms with Gasteiger partial charge in [-0.25, -0.2) is 0 Å². The average Bonchev–Trinajstić information content (AvgIpc) is 2.89. The van der Waals surface area contributed by atoms with Crippen LogP contribution in [0.15, 0.2) is 42.5 Å². The van der Waals surface area contributed by atoms with Gasteiger partial charge in [0.05, 0.1) is 0 Å². The summed E-state index contributed by atoms with van der Waals surface area (Å²) in [5, 5.41) is 3.04. The summed E-state index contributed by atoms with van der Waals surface area (Å²) in [5.41, 5.74) is 5.91. The van der Waals surface area contributed by atoms with Gasteiger partial charge in [-0.1, -0.05) is 24.3 Å². The Hall–Kier alpha value is -2.29. The first kappa shape index (κ1) is 16.6. The van der Waals surface area contributed by atoms with Crippen molar-refractivity contribution in [3.63, 3.8) is 0 Å². The van der Waals surface area contributed by atoms with Gasteiger partial charge >= 0.3 is 0 Å². The maximum atomic E-state index is 12.2. The van der Waals surface area contributed by atoms with Crippen molar-refractivity contribution >= 4 is 11.6 Å². The van der Waals surface area contributed by atoms with Crippen molar-refractivity contribution in [2.24, 2.45) is 0 Å². The first-order valence-electron chi connectivity index (χ1n) is 8.76. The monoisotopic (exact) mass is 322 g/mol. The molecular weight excluding hydrogens is 296 g/mol. The lowest BCUT2D eigenvalue weighted by atomic mass is 10.1. The molecule has 0 aliphatic carbocycles. The number of hydrogen-bond donors (Lipinski definition) is 1. The second kappa shape index (κ2) is 7.08. The van der Waals surface area contributed by atoms with Crippen LogP contribution in [-0.4, -0.2) is 25.0 Å². The fourth-order valence-corrected chi connectivity index (χ4v) is 3.41. The van der Waals surface area contributed by atoms with Crippen LogP contribution in [0.3, 0.4) is 0 Å². The Balaban J connectivity index is 1.50. The Morgan fingerprint density at radius 3 is 2.75 bits per heavy atom. The standard InChI is InChI=1S/C21H26N2O/c1-15-9-10-19(13-16(15)2)21(24)22-11-6-12-23-17(3)14-18-7-4-5-8-20(18)23/h4-5,7-10,13,17H,6,11-12,14H2,1-3H3,(H,22,24)/t17-/m1/s1. The maximum Gasteiger partial charge on any atom is 0.251 e. The van der Waals surface area contributed by atoms with Crippen molar-refractivity contribution in [1.29, 1.82) is 0 Å². The number of hydrogen-bond acceptors (Lipinski definition) is 2. The lowest BCUT2D eigenvalue weighted by Gasteiger charge is -2.25. The number of carbonyl (C=O) groups is 1. The van der Waals surface area contributed by atoms with Crippen LogP contribution >= 0.6 is 0 Å². The van der Waals surface area contributed by atoms with Gasteiger partial charge in [-0.05, 0) is 68.5 Å². The molecule has 3 heteroatoms. The van der Waals surface area contributed by atoms with Gasteiger partial charge in [-0.3, -0.25) is 4.79 Å². The quantitative estimate of drug-likeness (QED) is 0.848. The van der Waals surface area contributed by atoms with E-state index in [4.69, 9.17) is 0 Å². The third kappa shape index (κ3) is 3.45. The summed E-state index contributed by atoms with van der Waals surface area (Å²) in [6.45, 7) is 8.06. The summed E-state index contributed by atoms with van der Waals surface area (Å²) in [6.07, 6.45) is 2.07. The minimum atomic E-state index is 0.0213. The molecule has 0 bridgehead atoms. The van der Waals surface area contributed by atoms with Crippen LogP contribution < -0.4 is 10.2 Å². The summed E-state index contributed by atoms with van der Waals surface area (Å²) in [4.78, 5) is 14.7. The zero-order chi connectivity index (χ0) is 17.1. The van der Waals surface area contributed by atoms with E-state index in [0.717, 1.165) is 30.5 Å². The van der Waals surface area contributed by atoms with Crippen molar-refractivity contribution in [2.45, 2.75) is 39.7 Å². The Morgan fingerprint density at radius 2 is 1.96 bits per heavy atom. The van der Waals surface area contributed by atoms with Crippen LogP contribution in [0.1, 0.15) is 40.4 Å². The molecule has 1 amide bonds. The molecule has 24 heavy (non-hydrogen) atoms. The van der Waals surface area contributed by atoms with E-state index in [-0.39, 0.29) is 5.91 Å². The molecule has 3 rings (SSSR count). The highest BCUT2D eigenvalue weighted by Gasteiger charge is 2.24. The maximum absolute atomic E-state index is 12.2. The molecule has 0 saturated heterocycles. The number of carbonyl (C=O) groups excluding carboxylic acids is 1. The van der Waals surface area contributed by atoms with E-state index < -0.39 is 0 Å². The second-order valence-corrected chi connectivity index (χ2v) is 6.78. The fraction of sp³-hybridized carbons (Fsp3) is 0.381. The summed E-state index contributed by atoms with van der Waals surface area (Å²) >= 11 is 0. The number of fused-ring (bicyclic) bond motifs is 1. The Kier molecular flexibility index (Phi) is 4.89. The number of para-hydroxylation sites is 1. The molecule has 0 spiro atoms. The van der Waals surface area contributed by atoms with Crippen molar-refractivity contribution in [3.8, 4) is 0 Å². The molecule has 1 aliphatic rings. The summed E-state index contributed by atoms with van der Waals surface area (Å²) in [7, 11) is 0. The van der Waals surface area contributed by atoms with E-state index in [9.17, 15) is 4.79 Å². The number of rotatable bonds is 5. The molecule has 3 nitrogen and oxygen atoms in total. The van der Waals surface area contributed by atoms with Crippen LogP contribution in [0.2, 0.25) is 0 Å². The van der Waals surface area contributed by atoms with Crippen molar-refractivity contribution in [2.75, 3.05) is 18.0 Å². The SMILES string of the molecule is Cc1ccc(C(=O)NCCCN2c3ccccc3C[C@H]2C)cc1C. The first-order chi connectivity index (χ1) is 11.6. The Labute approximate surface area is 144 Å². The smallest absolute Gasteiger partial charge is 0.251 e. The molecule has 2 aromatic rings. The largest absolute Gasteiger partial charge is 0.368 e. The molecule has 2 aromatic carbocycles. The molecule has 0 unspecified atom stereocenters. The molecule has 1 atom stereocenters. The first-order valence-corrected chi connectivity index (χ1v) is 8.76.